The highest BCUT2D eigenvalue weighted by Crippen LogP contribution is 2.39. The second kappa shape index (κ2) is 10.6. The van der Waals surface area contributed by atoms with Crippen molar-refractivity contribution >= 4 is 5.91 Å². The van der Waals surface area contributed by atoms with Gasteiger partial charge in [0.2, 0.25) is 5.91 Å². The number of aryl methyl sites for hydroxylation is 1. The Bertz CT molecular complexity index is 1170. The van der Waals surface area contributed by atoms with Crippen LogP contribution in [0.1, 0.15) is 53.1 Å². The standard InChI is InChI=1S/C29H35F3N4O2/c30-29(31,32)24-6-5-19-7-10-35(14-22(19)13-24)17-27(37)34-26-16-36(25-8-11-38-18-25)15-23(26)12-21-4-3-20-2-1-9-33-28(20)21/h1-2,5-6,9,13,21,23,25-26H,3-4,7-8,10-12,14-18H2,(H,34,37)/t21?,23-,25?,26?/m0/s1. The van der Waals surface area contributed by atoms with Crippen LogP contribution in [0.2, 0.25) is 0 Å². The Kier molecular flexibility index (Phi) is 7.18. The molecule has 1 aliphatic carbocycles. The van der Waals surface area contributed by atoms with Gasteiger partial charge < -0.3 is 10.1 Å². The van der Waals surface area contributed by atoms with Crippen molar-refractivity contribution in [3.05, 3.63) is 64.5 Å². The Morgan fingerprint density at radius 2 is 2.00 bits per heavy atom. The summed E-state index contributed by atoms with van der Waals surface area (Å²) in [6.45, 7) is 4.49. The van der Waals surface area contributed by atoms with Gasteiger partial charge in [-0.3, -0.25) is 19.6 Å². The molecule has 1 aromatic heterocycles. The lowest BCUT2D eigenvalue weighted by atomic mass is 9.89. The molecule has 3 aliphatic heterocycles. The summed E-state index contributed by atoms with van der Waals surface area (Å²) in [5.41, 5.74) is 3.53. The molecule has 4 aliphatic rings. The first-order valence-electron chi connectivity index (χ1n) is 13.8. The molecule has 4 atom stereocenters. The van der Waals surface area contributed by atoms with Crippen LogP contribution in [0.3, 0.4) is 0 Å². The van der Waals surface area contributed by atoms with Crippen LogP contribution in [0.4, 0.5) is 13.2 Å². The summed E-state index contributed by atoms with van der Waals surface area (Å²) < 4.78 is 45.3. The van der Waals surface area contributed by atoms with Crippen molar-refractivity contribution < 1.29 is 22.7 Å². The number of fused-ring (bicyclic) bond motifs is 2. The van der Waals surface area contributed by atoms with Gasteiger partial charge in [-0.05, 0) is 72.9 Å². The Morgan fingerprint density at radius 1 is 1.11 bits per heavy atom. The number of rotatable bonds is 6. The average Bonchev–Trinajstić information content (AvgIpc) is 3.64. The zero-order valence-corrected chi connectivity index (χ0v) is 21.6. The maximum atomic E-state index is 13.2. The molecular formula is C29H35F3N4O2. The van der Waals surface area contributed by atoms with Crippen LogP contribution in [0.5, 0.6) is 0 Å². The smallest absolute Gasteiger partial charge is 0.380 e. The van der Waals surface area contributed by atoms with Gasteiger partial charge in [0.1, 0.15) is 0 Å². The van der Waals surface area contributed by atoms with Gasteiger partial charge in [-0.2, -0.15) is 13.2 Å². The van der Waals surface area contributed by atoms with E-state index in [9.17, 15) is 18.0 Å². The minimum atomic E-state index is -4.36. The van der Waals surface area contributed by atoms with Crippen molar-refractivity contribution in [2.24, 2.45) is 5.92 Å². The van der Waals surface area contributed by atoms with E-state index < -0.39 is 11.7 Å². The van der Waals surface area contributed by atoms with Crippen LogP contribution in [-0.4, -0.2) is 72.2 Å². The molecule has 4 heterocycles. The Hall–Kier alpha value is -2.49. The molecule has 204 valence electrons. The third-order valence-electron chi connectivity index (χ3n) is 8.89. The van der Waals surface area contributed by atoms with Crippen molar-refractivity contribution in [3.8, 4) is 0 Å². The number of carbonyl (C=O) groups excluding carboxylic acids is 1. The number of alkyl halides is 3. The quantitative estimate of drug-likeness (QED) is 0.619. The maximum absolute atomic E-state index is 13.2. The van der Waals surface area contributed by atoms with Gasteiger partial charge in [0.15, 0.2) is 0 Å². The first kappa shape index (κ1) is 25.8. The van der Waals surface area contributed by atoms with Gasteiger partial charge in [0, 0.05) is 62.7 Å². The van der Waals surface area contributed by atoms with Crippen LogP contribution >= 0.6 is 0 Å². The Balaban J connectivity index is 1.11. The molecular weight excluding hydrogens is 493 g/mol. The van der Waals surface area contributed by atoms with E-state index in [0.29, 0.717) is 43.0 Å². The molecule has 6 rings (SSSR count). The normalized spacial score (nSPS) is 27.9. The lowest BCUT2D eigenvalue weighted by molar-refractivity contribution is -0.137. The van der Waals surface area contributed by atoms with Gasteiger partial charge >= 0.3 is 6.18 Å². The van der Waals surface area contributed by atoms with E-state index in [1.165, 1.54) is 17.3 Å². The summed E-state index contributed by atoms with van der Waals surface area (Å²) in [5, 5.41) is 3.32. The predicted octanol–water partition coefficient (Wildman–Crippen LogP) is 3.78. The number of hydrogen-bond donors (Lipinski definition) is 1. The summed E-state index contributed by atoms with van der Waals surface area (Å²) >= 11 is 0. The van der Waals surface area contributed by atoms with Crippen molar-refractivity contribution in [1.82, 2.24) is 20.1 Å². The van der Waals surface area contributed by atoms with Crippen molar-refractivity contribution in [2.75, 3.05) is 39.4 Å². The van der Waals surface area contributed by atoms with E-state index in [1.807, 2.05) is 17.2 Å². The molecule has 0 saturated carbocycles. The lowest BCUT2D eigenvalue weighted by Gasteiger charge is -2.30. The highest BCUT2D eigenvalue weighted by Gasteiger charge is 2.40. The molecule has 2 saturated heterocycles. The van der Waals surface area contributed by atoms with Gasteiger partial charge in [-0.1, -0.05) is 12.1 Å². The zero-order valence-electron chi connectivity index (χ0n) is 21.6. The van der Waals surface area contributed by atoms with Crippen molar-refractivity contribution in [3.63, 3.8) is 0 Å². The zero-order chi connectivity index (χ0) is 26.3. The fourth-order valence-electron chi connectivity index (χ4n) is 6.89. The first-order valence-corrected chi connectivity index (χ1v) is 13.8. The van der Waals surface area contributed by atoms with Crippen molar-refractivity contribution in [2.45, 2.75) is 62.8 Å². The Labute approximate surface area is 221 Å². The van der Waals surface area contributed by atoms with Crippen molar-refractivity contribution in [1.29, 1.82) is 0 Å². The minimum absolute atomic E-state index is 0.0461. The van der Waals surface area contributed by atoms with Gasteiger partial charge in [0.05, 0.1) is 18.7 Å². The molecule has 38 heavy (non-hydrogen) atoms. The van der Waals surface area contributed by atoms with Crippen LogP contribution in [-0.2, 0) is 35.1 Å². The number of nitrogens with zero attached hydrogens (tertiary/aromatic N) is 3. The Morgan fingerprint density at radius 3 is 2.82 bits per heavy atom. The lowest BCUT2D eigenvalue weighted by Crippen LogP contribution is -2.47. The van der Waals surface area contributed by atoms with Gasteiger partial charge in [-0.15, -0.1) is 0 Å². The third kappa shape index (κ3) is 5.46. The second-order valence-electron chi connectivity index (χ2n) is 11.4. The van der Waals surface area contributed by atoms with Crippen LogP contribution in [0, 0.1) is 5.92 Å². The molecule has 3 unspecified atom stereocenters. The second-order valence-corrected chi connectivity index (χ2v) is 11.4. The molecule has 9 heteroatoms. The van der Waals surface area contributed by atoms with E-state index in [4.69, 9.17) is 4.74 Å². The summed E-state index contributed by atoms with van der Waals surface area (Å²) in [6, 6.07) is 8.59. The number of hydrogen-bond acceptors (Lipinski definition) is 5. The number of halogens is 3. The van der Waals surface area contributed by atoms with Crippen LogP contribution in [0.25, 0.3) is 0 Å². The molecule has 0 radical (unpaired) electrons. The molecule has 1 N–H and O–H groups in total. The SMILES string of the molecule is O=C(CN1CCc2ccc(C(F)(F)F)cc2C1)NC1CN(C2CCOC2)C[C@@H]1CC1CCc2cccnc21. The molecule has 0 spiro atoms. The number of amides is 1. The minimum Gasteiger partial charge on any atom is -0.380 e. The van der Waals surface area contributed by atoms with E-state index in [-0.39, 0.29) is 18.5 Å². The number of benzene rings is 1. The van der Waals surface area contributed by atoms with E-state index >= 15 is 0 Å². The average molecular weight is 529 g/mol. The summed E-state index contributed by atoms with van der Waals surface area (Å²) in [6.07, 6.45) is 2.34. The van der Waals surface area contributed by atoms with Gasteiger partial charge in [0.25, 0.3) is 0 Å². The number of nitrogens with one attached hydrogen (secondary N) is 1. The van der Waals surface area contributed by atoms with E-state index in [2.05, 4.69) is 21.3 Å². The number of carbonyl (C=O) groups is 1. The van der Waals surface area contributed by atoms with E-state index in [1.54, 1.807) is 6.07 Å². The molecule has 2 aromatic rings. The van der Waals surface area contributed by atoms with Crippen LogP contribution < -0.4 is 5.32 Å². The summed E-state index contributed by atoms with van der Waals surface area (Å²) in [5.74, 6) is 0.690. The maximum Gasteiger partial charge on any atom is 0.416 e. The molecule has 6 nitrogen and oxygen atoms in total. The number of pyridine rings is 1. The van der Waals surface area contributed by atoms with Gasteiger partial charge in [-0.25, -0.2) is 0 Å². The largest absolute Gasteiger partial charge is 0.416 e. The molecule has 0 bridgehead atoms. The highest BCUT2D eigenvalue weighted by molar-refractivity contribution is 5.78. The third-order valence-corrected chi connectivity index (χ3v) is 8.89. The molecule has 2 fully saturated rings. The number of aromatic nitrogens is 1. The topological polar surface area (TPSA) is 57.7 Å². The van der Waals surface area contributed by atoms with E-state index in [0.717, 1.165) is 63.6 Å². The monoisotopic (exact) mass is 528 g/mol. The predicted molar refractivity (Wildman–Crippen MR) is 137 cm³/mol. The summed E-state index contributed by atoms with van der Waals surface area (Å²) in [4.78, 5) is 22.3. The number of likely N-dealkylation sites (tertiary alicyclic amines) is 1. The molecule has 1 aromatic carbocycles. The summed E-state index contributed by atoms with van der Waals surface area (Å²) in [7, 11) is 0. The van der Waals surface area contributed by atoms with Crippen LogP contribution in [0.15, 0.2) is 36.5 Å². The fraction of sp³-hybridized carbons (Fsp3) is 0.586. The first-order chi connectivity index (χ1) is 18.3. The highest BCUT2D eigenvalue weighted by atomic mass is 19.4. The number of ether oxygens (including phenoxy) is 1. The molecule has 1 amide bonds. The fourth-order valence-corrected chi connectivity index (χ4v) is 6.89.